The van der Waals surface area contributed by atoms with Gasteiger partial charge >= 0.3 is 0 Å². The first-order valence-electron chi connectivity index (χ1n) is 8.64. The van der Waals surface area contributed by atoms with Gasteiger partial charge in [0.2, 0.25) is 0 Å². The van der Waals surface area contributed by atoms with E-state index in [0.717, 1.165) is 25.3 Å². The van der Waals surface area contributed by atoms with Crippen molar-refractivity contribution in [3.05, 3.63) is 58.4 Å². The van der Waals surface area contributed by atoms with Crippen molar-refractivity contribution in [3.8, 4) is 11.8 Å². The summed E-state index contributed by atoms with van der Waals surface area (Å²) in [7, 11) is 0. The van der Waals surface area contributed by atoms with Crippen molar-refractivity contribution in [1.29, 1.82) is 0 Å². The number of nitrogens with zero attached hydrogens (tertiary/aromatic N) is 5. The van der Waals surface area contributed by atoms with Crippen molar-refractivity contribution >= 4 is 17.8 Å². The van der Waals surface area contributed by atoms with Gasteiger partial charge in [-0.1, -0.05) is 18.6 Å². The summed E-state index contributed by atoms with van der Waals surface area (Å²) in [5, 5.41) is 0. The van der Waals surface area contributed by atoms with Crippen molar-refractivity contribution < 1.29 is 0 Å². The Labute approximate surface area is 151 Å². The quantitative estimate of drug-likeness (QED) is 0.474. The molecule has 0 amide bonds. The van der Waals surface area contributed by atoms with Crippen LogP contribution in [0.1, 0.15) is 24.2 Å². The summed E-state index contributed by atoms with van der Waals surface area (Å²) in [6, 6.07) is 2.26. The monoisotopic (exact) mass is 345 g/mol. The third-order valence-electron chi connectivity index (χ3n) is 4.89. The Bertz CT molecular complexity index is 1050. The van der Waals surface area contributed by atoms with Crippen LogP contribution >= 0.6 is 0 Å². The number of hydrogen-bond acceptors (Lipinski definition) is 5. The topological polar surface area (TPSA) is 63.4 Å². The van der Waals surface area contributed by atoms with Crippen LogP contribution in [0.3, 0.4) is 0 Å². The molecule has 6 nitrogen and oxygen atoms in total. The number of aromatic nitrogens is 3. The van der Waals surface area contributed by atoms with Gasteiger partial charge in [0.1, 0.15) is 11.5 Å². The Morgan fingerprint density at radius 1 is 1.46 bits per heavy atom. The minimum absolute atomic E-state index is 0.0592. The minimum Gasteiger partial charge on any atom is -0.292 e. The van der Waals surface area contributed by atoms with Crippen molar-refractivity contribution in [1.82, 2.24) is 19.4 Å². The third-order valence-corrected chi connectivity index (χ3v) is 4.89. The third kappa shape index (κ3) is 2.87. The van der Waals surface area contributed by atoms with Gasteiger partial charge in [-0.2, -0.15) is 0 Å². The van der Waals surface area contributed by atoms with Gasteiger partial charge < -0.3 is 0 Å². The maximum absolute atomic E-state index is 12.8. The van der Waals surface area contributed by atoms with Gasteiger partial charge in [0.25, 0.3) is 5.56 Å². The maximum atomic E-state index is 12.8. The molecule has 0 bridgehead atoms. The fourth-order valence-electron chi connectivity index (χ4n) is 3.61. The minimum atomic E-state index is -0.0592. The van der Waals surface area contributed by atoms with Gasteiger partial charge in [-0.05, 0) is 44.2 Å². The highest BCUT2D eigenvalue weighted by atomic mass is 16.1. The molecule has 0 saturated carbocycles. The van der Waals surface area contributed by atoms with Crippen LogP contribution in [0.4, 0.5) is 0 Å². The molecular formula is C20H19N5O. The van der Waals surface area contributed by atoms with Gasteiger partial charge in [0, 0.05) is 24.3 Å². The molecule has 1 saturated heterocycles. The van der Waals surface area contributed by atoms with Crippen LogP contribution in [0.5, 0.6) is 0 Å². The molecule has 1 unspecified atom stereocenters. The Kier molecular flexibility index (Phi) is 4.23. The molecule has 6 heteroatoms. The van der Waals surface area contributed by atoms with Crippen LogP contribution in [0.25, 0.3) is 11.0 Å². The van der Waals surface area contributed by atoms with E-state index in [9.17, 15) is 4.79 Å². The van der Waals surface area contributed by atoms with Crippen LogP contribution < -0.4 is 5.56 Å². The zero-order valence-corrected chi connectivity index (χ0v) is 14.5. The van der Waals surface area contributed by atoms with E-state index in [1.54, 1.807) is 22.9 Å². The van der Waals surface area contributed by atoms with Crippen molar-refractivity contribution in [2.24, 2.45) is 4.99 Å². The highest BCUT2D eigenvalue weighted by Gasteiger charge is 2.31. The van der Waals surface area contributed by atoms with E-state index in [2.05, 4.69) is 40.0 Å². The maximum Gasteiger partial charge on any atom is 0.280 e. The number of pyridine rings is 1. The first-order chi connectivity index (χ1) is 12.7. The Morgan fingerprint density at radius 2 is 2.35 bits per heavy atom. The Morgan fingerprint density at radius 3 is 3.15 bits per heavy atom. The summed E-state index contributed by atoms with van der Waals surface area (Å²) in [5.74, 6) is 6.71. The van der Waals surface area contributed by atoms with E-state index in [1.165, 1.54) is 6.42 Å². The van der Waals surface area contributed by atoms with Crippen molar-refractivity contribution in [3.63, 3.8) is 0 Å². The summed E-state index contributed by atoms with van der Waals surface area (Å²) in [4.78, 5) is 28.1. The second-order valence-electron chi connectivity index (χ2n) is 6.50. The standard InChI is InChI=1S/C20H19N5O/c1-3-5-15(21-2)8-7-14-10-17-19(22-11-14)20(26)25-12-16-6-4-9-24(16)13-18(25)23-17/h3,5,10-11,16H,1-2,4,6,9,12-13H2/b15-5-. The molecule has 0 aromatic carbocycles. The highest BCUT2D eigenvalue weighted by Crippen LogP contribution is 2.25. The first kappa shape index (κ1) is 16.4. The SMILES string of the molecule is C=C/C=C(/C#Cc1cnc2c(=O)n3c(nc2c1)CN1CCCC1C3)N=C. The lowest BCUT2D eigenvalue weighted by Crippen LogP contribution is -2.43. The largest absolute Gasteiger partial charge is 0.292 e. The van der Waals surface area contributed by atoms with Crippen molar-refractivity contribution in [2.45, 2.75) is 32.0 Å². The molecule has 2 aliphatic rings. The zero-order chi connectivity index (χ0) is 18.1. The Hall–Kier alpha value is -3.04. The smallest absolute Gasteiger partial charge is 0.280 e. The second kappa shape index (κ2) is 6.70. The average Bonchev–Trinajstić information content (AvgIpc) is 3.11. The fraction of sp³-hybridized carbons (Fsp3) is 0.300. The molecular weight excluding hydrogens is 326 g/mol. The average molecular weight is 345 g/mol. The van der Waals surface area contributed by atoms with E-state index in [0.29, 0.717) is 34.9 Å². The van der Waals surface area contributed by atoms with Gasteiger partial charge in [-0.3, -0.25) is 19.3 Å². The number of aliphatic imine (C=N–C) groups is 1. The molecule has 130 valence electrons. The number of rotatable bonds is 2. The van der Waals surface area contributed by atoms with E-state index < -0.39 is 0 Å². The molecule has 0 aliphatic carbocycles. The van der Waals surface area contributed by atoms with E-state index >= 15 is 0 Å². The lowest BCUT2D eigenvalue weighted by Gasteiger charge is -2.31. The molecule has 0 spiro atoms. The molecule has 4 heterocycles. The summed E-state index contributed by atoms with van der Waals surface area (Å²) in [6.45, 7) is 9.61. The van der Waals surface area contributed by atoms with E-state index in [1.807, 2.05) is 6.07 Å². The van der Waals surface area contributed by atoms with Crippen LogP contribution in [0.15, 0.2) is 46.5 Å². The molecule has 1 fully saturated rings. The lowest BCUT2D eigenvalue weighted by atomic mass is 10.1. The molecule has 1 atom stereocenters. The Balaban J connectivity index is 1.76. The van der Waals surface area contributed by atoms with Crippen LogP contribution in [-0.4, -0.2) is 38.7 Å². The zero-order valence-electron chi connectivity index (χ0n) is 14.5. The van der Waals surface area contributed by atoms with Gasteiger partial charge in [0.05, 0.1) is 12.1 Å². The molecule has 0 radical (unpaired) electrons. The van der Waals surface area contributed by atoms with Gasteiger partial charge in [-0.15, -0.1) is 0 Å². The predicted molar refractivity (Wildman–Crippen MR) is 102 cm³/mol. The molecule has 4 rings (SSSR count). The van der Waals surface area contributed by atoms with Crippen LogP contribution in [0, 0.1) is 11.8 Å². The van der Waals surface area contributed by atoms with Gasteiger partial charge in [0.15, 0.2) is 5.52 Å². The lowest BCUT2D eigenvalue weighted by molar-refractivity contribution is 0.181. The summed E-state index contributed by atoms with van der Waals surface area (Å²) < 4.78 is 1.79. The van der Waals surface area contributed by atoms with Gasteiger partial charge in [-0.25, -0.2) is 9.97 Å². The van der Waals surface area contributed by atoms with Crippen LogP contribution in [0.2, 0.25) is 0 Å². The van der Waals surface area contributed by atoms with Crippen LogP contribution in [-0.2, 0) is 13.1 Å². The normalized spacial score (nSPS) is 19.4. The molecule has 0 N–H and O–H groups in total. The first-order valence-corrected chi connectivity index (χ1v) is 8.64. The number of fused-ring (bicyclic) bond motifs is 3. The molecule has 2 aromatic rings. The number of hydrogen-bond donors (Lipinski definition) is 0. The molecule has 2 aromatic heterocycles. The molecule has 26 heavy (non-hydrogen) atoms. The number of allylic oxidation sites excluding steroid dienone is 3. The van der Waals surface area contributed by atoms with E-state index in [-0.39, 0.29) is 5.56 Å². The summed E-state index contributed by atoms with van der Waals surface area (Å²) in [6.07, 6.45) is 7.22. The highest BCUT2D eigenvalue weighted by molar-refractivity contribution is 5.74. The molecule has 2 aliphatic heterocycles. The predicted octanol–water partition coefficient (Wildman–Crippen LogP) is 1.89. The van der Waals surface area contributed by atoms with E-state index in [4.69, 9.17) is 4.98 Å². The van der Waals surface area contributed by atoms with Crippen molar-refractivity contribution in [2.75, 3.05) is 6.54 Å². The summed E-state index contributed by atoms with van der Waals surface area (Å²) >= 11 is 0. The second-order valence-corrected chi connectivity index (χ2v) is 6.50. The fourth-order valence-corrected chi connectivity index (χ4v) is 3.61. The summed E-state index contributed by atoms with van der Waals surface area (Å²) in [5.41, 5.74) is 2.14.